The molecule has 124 valence electrons. The molecule has 0 fully saturated rings. The van der Waals surface area contributed by atoms with Crippen molar-refractivity contribution >= 4 is 29.1 Å². The van der Waals surface area contributed by atoms with E-state index in [0.29, 0.717) is 11.3 Å². The largest absolute Gasteiger partial charge is 0.496 e. The van der Waals surface area contributed by atoms with Gasteiger partial charge in [-0.3, -0.25) is 9.89 Å². The topological polar surface area (TPSA) is 64.2 Å². The monoisotopic (exact) mass is 440 g/mol. The lowest BCUT2D eigenvalue weighted by Gasteiger charge is -2.17. The van der Waals surface area contributed by atoms with Gasteiger partial charge in [-0.25, -0.2) is 0 Å². The zero-order chi connectivity index (χ0) is 17.0. The molecule has 0 spiro atoms. The summed E-state index contributed by atoms with van der Waals surface area (Å²) in [5.74, 6) is 0.624. The zero-order valence-electron chi connectivity index (χ0n) is 11.9. The molecule has 0 aliphatic carbocycles. The molecule has 0 radical (unpaired) electrons. The van der Waals surface area contributed by atoms with Crippen LogP contribution >= 0.6 is 22.6 Å². The molecule has 23 heavy (non-hydrogen) atoms. The van der Waals surface area contributed by atoms with Crippen LogP contribution < -0.4 is 4.74 Å². The van der Waals surface area contributed by atoms with E-state index in [2.05, 4.69) is 5.10 Å². The van der Waals surface area contributed by atoms with Crippen molar-refractivity contribution in [2.75, 3.05) is 7.11 Å². The molecule has 0 amide bonds. The van der Waals surface area contributed by atoms with Crippen LogP contribution in [0.4, 0.5) is 13.2 Å². The number of nitrogens with zero attached hydrogens (tertiary/aromatic N) is 1. The molecule has 2 aromatic rings. The highest BCUT2D eigenvalue weighted by molar-refractivity contribution is 14.1. The lowest BCUT2D eigenvalue weighted by Crippen LogP contribution is -2.13. The van der Waals surface area contributed by atoms with Crippen LogP contribution in [0.3, 0.4) is 0 Å². The Bertz CT molecular complexity index is 688. The second-order valence-corrected chi connectivity index (χ2v) is 5.75. The van der Waals surface area contributed by atoms with Crippen LogP contribution in [0.25, 0.3) is 0 Å². The molecule has 0 saturated carbocycles. The van der Waals surface area contributed by atoms with Crippen LogP contribution in [0.2, 0.25) is 0 Å². The molecule has 5 nitrogen and oxygen atoms in total. The molecule has 2 rings (SSSR count). The van der Waals surface area contributed by atoms with Gasteiger partial charge in [0.15, 0.2) is 0 Å². The van der Waals surface area contributed by atoms with Gasteiger partial charge in [0.1, 0.15) is 17.5 Å². The first-order chi connectivity index (χ1) is 10.9. The summed E-state index contributed by atoms with van der Waals surface area (Å²) >= 11 is 2.03. The molecule has 0 aliphatic rings. The third-order valence-electron chi connectivity index (χ3n) is 3.17. The van der Waals surface area contributed by atoms with E-state index in [0.717, 1.165) is 9.77 Å². The van der Waals surface area contributed by atoms with E-state index in [1.54, 1.807) is 18.2 Å². The number of carbonyl (C=O) groups is 1. The van der Waals surface area contributed by atoms with Crippen molar-refractivity contribution in [3.05, 3.63) is 44.8 Å². The molecule has 1 N–H and O–H groups in total. The molecule has 0 aliphatic heterocycles. The number of alkyl halides is 3. The molecule has 0 bridgehead atoms. The minimum atomic E-state index is -4.55. The van der Waals surface area contributed by atoms with Crippen LogP contribution in [0.5, 0.6) is 5.75 Å². The summed E-state index contributed by atoms with van der Waals surface area (Å²) in [6, 6.07) is 5.00. The number of hydrogen-bond donors (Lipinski definition) is 1. The highest BCUT2D eigenvalue weighted by Gasteiger charge is 2.36. The van der Waals surface area contributed by atoms with Gasteiger partial charge in [-0.05, 0) is 40.3 Å². The van der Waals surface area contributed by atoms with Gasteiger partial charge in [0, 0.05) is 12.0 Å². The summed E-state index contributed by atoms with van der Waals surface area (Å²) in [5, 5.41) is 5.36. The fraction of sp³-hybridized carbons (Fsp3) is 0.286. The predicted octanol–water partition coefficient (Wildman–Crippen LogP) is 3.50. The van der Waals surface area contributed by atoms with Crippen molar-refractivity contribution in [1.29, 1.82) is 0 Å². The highest BCUT2D eigenvalue weighted by atomic mass is 127. The van der Waals surface area contributed by atoms with E-state index in [-0.39, 0.29) is 18.5 Å². The standard InChI is InChI=1S/C14H12F3IN2O3/c1-22-11-3-2-8(4-10(11)18)12(23-7-21)5-9-6-19-20-13(9)14(15,16)17/h2-4,6-7,12H,5H2,1H3,(H,19,20). The summed E-state index contributed by atoms with van der Waals surface area (Å²) in [7, 11) is 1.51. The van der Waals surface area contributed by atoms with Gasteiger partial charge in [0.2, 0.25) is 0 Å². The first kappa shape index (κ1) is 17.6. The SMILES string of the molecule is COc1ccc(C(Cc2cn[nH]c2C(F)(F)F)OC=O)cc1I. The molecular formula is C14H12F3IN2O3. The number of rotatable bonds is 6. The first-order valence-electron chi connectivity index (χ1n) is 6.38. The van der Waals surface area contributed by atoms with E-state index in [1.807, 2.05) is 27.7 Å². The Morgan fingerprint density at radius 3 is 2.74 bits per heavy atom. The first-order valence-corrected chi connectivity index (χ1v) is 7.46. The third-order valence-corrected chi connectivity index (χ3v) is 4.02. The summed E-state index contributed by atoms with van der Waals surface area (Å²) < 4.78 is 49.5. The minimum Gasteiger partial charge on any atom is -0.496 e. The number of aromatic amines is 1. The van der Waals surface area contributed by atoms with Crippen LogP contribution in [-0.2, 0) is 22.1 Å². The average molecular weight is 440 g/mol. The van der Waals surface area contributed by atoms with Crippen molar-refractivity contribution in [2.45, 2.75) is 18.7 Å². The van der Waals surface area contributed by atoms with Crippen molar-refractivity contribution < 1.29 is 27.4 Å². The molecule has 0 saturated heterocycles. The molecule has 9 heteroatoms. The number of H-pyrrole nitrogens is 1. The second kappa shape index (κ2) is 7.20. The summed E-state index contributed by atoms with van der Waals surface area (Å²) in [4.78, 5) is 10.7. The van der Waals surface area contributed by atoms with Crippen LogP contribution in [0, 0.1) is 3.57 Å². The smallest absolute Gasteiger partial charge is 0.433 e. The number of halogens is 4. The average Bonchev–Trinajstić information content (AvgIpc) is 2.95. The Morgan fingerprint density at radius 1 is 1.43 bits per heavy atom. The third kappa shape index (κ3) is 4.15. The van der Waals surface area contributed by atoms with E-state index in [9.17, 15) is 18.0 Å². The Balaban J connectivity index is 2.31. The molecule has 1 unspecified atom stereocenters. The fourth-order valence-corrected chi connectivity index (χ4v) is 2.87. The van der Waals surface area contributed by atoms with E-state index in [1.165, 1.54) is 7.11 Å². The lowest BCUT2D eigenvalue weighted by molar-refractivity contribution is -0.142. The maximum absolute atomic E-state index is 12.9. The number of methoxy groups -OCH3 is 1. The Kier molecular flexibility index (Phi) is 5.50. The molecule has 1 aromatic carbocycles. The summed E-state index contributed by atoms with van der Waals surface area (Å²) in [6.07, 6.45) is -4.47. The Labute approximate surface area is 143 Å². The van der Waals surface area contributed by atoms with Gasteiger partial charge >= 0.3 is 6.18 Å². The Hall–Kier alpha value is -1.78. The van der Waals surface area contributed by atoms with Gasteiger partial charge in [-0.1, -0.05) is 6.07 Å². The number of benzene rings is 1. The number of ether oxygens (including phenoxy) is 2. The molecular weight excluding hydrogens is 428 g/mol. The van der Waals surface area contributed by atoms with Gasteiger partial charge in [0.25, 0.3) is 6.47 Å². The van der Waals surface area contributed by atoms with Crippen molar-refractivity contribution in [2.24, 2.45) is 0 Å². The molecule has 1 atom stereocenters. The quantitative estimate of drug-likeness (QED) is 0.552. The lowest BCUT2D eigenvalue weighted by atomic mass is 10.0. The Morgan fingerprint density at radius 2 is 2.17 bits per heavy atom. The van der Waals surface area contributed by atoms with Crippen molar-refractivity contribution in [1.82, 2.24) is 10.2 Å². The molecule has 1 heterocycles. The second-order valence-electron chi connectivity index (χ2n) is 4.59. The summed E-state index contributed by atoms with van der Waals surface area (Å²) in [5.41, 5.74) is -0.452. The van der Waals surface area contributed by atoms with Gasteiger partial charge < -0.3 is 9.47 Å². The zero-order valence-corrected chi connectivity index (χ0v) is 14.0. The van der Waals surface area contributed by atoms with Crippen molar-refractivity contribution in [3.63, 3.8) is 0 Å². The highest BCUT2D eigenvalue weighted by Crippen LogP contribution is 2.34. The normalized spacial score (nSPS) is 12.7. The number of nitrogens with one attached hydrogen (secondary N) is 1. The fourth-order valence-electron chi connectivity index (χ4n) is 2.11. The van der Waals surface area contributed by atoms with E-state index >= 15 is 0 Å². The van der Waals surface area contributed by atoms with Crippen LogP contribution in [0.15, 0.2) is 24.4 Å². The number of aromatic nitrogens is 2. The van der Waals surface area contributed by atoms with Crippen molar-refractivity contribution in [3.8, 4) is 5.75 Å². The van der Waals surface area contributed by atoms with Crippen LogP contribution in [-0.4, -0.2) is 23.8 Å². The summed E-state index contributed by atoms with van der Waals surface area (Å²) in [6.45, 7) is 0.217. The van der Waals surface area contributed by atoms with Gasteiger partial charge in [0.05, 0.1) is 16.9 Å². The van der Waals surface area contributed by atoms with Gasteiger partial charge in [-0.2, -0.15) is 18.3 Å². The van der Waals surface area contributed by atoms with E-state index in [4.69, 9.17) is 9.47 Å². The van der Waals surface area contributed by atoms with Gasteiger partial charge in [-0.15, -0.1) is 0 Å². The van der Waals surface area contributed by atoms with E-state index < -0.39 is 18.0 Å². The number of hydrogen-bond acceptors (Lipinski definition) is 4. The maximum Gasteiger partial charge on any atom is 0.433 e. The molecule has 1 aromatic heterocycles. The number of carbonyl (C=O) groups excluding carboxylic acids is 1. The maximum atomic E-state index is 12.9. The minimum absolute atomic E-state index is 0.0739. The predicted molar refractivity (Wildman–Crippen MR) is 82.9 cm³/mol. The van der Waals surface area contributed by atoms with Crippen LogP contribution in [0.1, 0.15) is 22.9 Å².